The molecule has 0 aliphatic rings. The van der Waals surface area contributed by atoms with Crippen molar-refractivity contribution in [1.29, 1.82) is 0 Å². The molecule has 0 unspecified atom stereocenters. The number of para-hydroxylation sites is 1. The van der Waals surface area contributed by atoms with Crippen molar-refractivity contribution in [3.8, 4) is 0 Å². The molecule has 1 aromatic carbocycles. The van der Waals surface area contributed by atoms with Crippen LogP contribution in [0.3, 0.4) is 0 Å². The van der Waals surface area contributed by atoms with Crippen LogP contribution in [0.25, 0.3) is 26.8 Å². The molecule has 4 aromatic rings. The maximum Gasteiger partial charge on any atom is 0.271 e. The lowest BCUT2D eigenvalue weighted by Crippen LogP contribution is -2.11. The van der Waals surface area contributed by atoms with Gasteiger partial charge >= 0.3 is 0 Å². The first-order chi connectivity index (χ1) is 11.7. The molecule has 116 valence electrons. The normalized spacial score (nSPS) is 10.8. The van der Waals surface area contributed by atoms with Gasteiger partial charge in [-0.05, 0) is 12.1 Å². The van der Waals surface area contributed by atoms with Crippen molar-refractivity contribution in [2.75, 3.05) is 5.32 Å². The van der Waals surface area contributed by atoms with Crippen LogP contribution in [0.15, 0.2) is 48.8 Å². The van der Waals surface area contributed by atoms with E-state index in [2.05, 4.69) is 20.1 Å². The number of aryl methyl sites for hydroxylation is 1. The minimum atomic E-state index is -0.206. The number of carbonyl (C=O) groups is 1. The van der Waals surface area contributed by atoms with Gasteiger partial charge < -0.3 is 19.7 Å². The van der Waals surface area contributed by atoms with E-state index in [1.807, 2.05) is 31.3 Å². The molecule has 0 fully saturated rings. The Morgan fingerprint density at radius 3 is 2.92 bits per heavy atom. The summed E-state index contributed by atoms with van der Waals surface area (Å²) in [5.41, 5.74) is 2.85. The van der Waals surface area contributed by atoms with Crippen LogP contribution < -0.4 is 5.32 Å². The van der Waals surface area contributed by atoms with Gasteiger partial charge in [-0.2, -0.15) is 0 Å². The molecule has 1 amide bonds. The van der Waals surface area contributed by atoms with Gasteiger partial charge in [-0.15, -0.1) is 4.98 Å². The lowest BCUT2D eigenvalue weighted by Gasteiger charge is -2.02. The molecule has 0 saturated heterocycles. The summed E-state index contributed by atoms with van der Waals surface area (Å²) in [7, 11) is 1.81. The molecule has 24 heavy (non-hydrogen) atoms. The molecule has 3 aromatic heterocycles. The average molecular weight is 315 g/mol. The Hall–Kier alpha value is -3.59. The summed E-state index contributed by atoms with van der Waals surface area (Å²) in [6.07, 6.45) is 3.51. The van der Waals surface area contributed by atoms with Crippen molar-refractivity contribution >= 4 is 39.3 Å². The Labute approximate surface area is 137 Å². The number of amides is 1. The number of nitrogens with zero attached hydrogens (tertiary/aromatic N) is 3. The van der Waals surface area contributed by atoms with Crippen LogP contribution in [0.1, 0.15) is 10.4 Å². The SMILES string of the molecule is [C-]#[N+]c1ccc2c(C(=O)Nc3c[nH]c4ccccc34)cn(C)c2n1. The number of H-pyrrole nitrogens is 1. The monoisotopic (exact) mass is 315 g/mol. The first kappa shape index (κ1) is 14.0. The summed E-state index contributed by atoms with van der Waals surface area (Å²) in [6, 6.07) is 11.2. The second kappa shape index (κ2) is 5.25. The zero-order valence-corrected chi connectivity index (χ0v) is 12.9. The maximum atomic E-state index is 12.7. The van der Waals surface area contributed by atoms with Crippen molar-refractivity contribution in [2.45, 2.75) is 0 Å². The molecule has 6 heteroatoms. The standard InChI is InChI=1S/C18H13N5O/c1-19-16-8-7-11-13(10-23(2)17(11)22-16)18(24)21-15-9-20-14-6-4-3-5-12(14)15/h3-10,20H,2H3,(H,21,24). The second-order valence-electron chi connectivity index (χ2n) is 5.51. The number of aromatic amines is 1. The maximum absolute atomic E-state index is 12.7. The molecule has 6 nitrogen and oxygen atoms in total. The molecular weight excluding hydrogens is 302 g/mol. The molecule has 4 rings (SSSR count). The van der Waals surface area contributed by atoms with Crippen LogP contribution in [0.2, 0.25) is 0 Å². The zero-order chi connectivity index (χ0) is 16.7. The molecular formula is C18H13N5O. The predicted molar refractivity (Wildman–Crippen MR) is 93.2 cm³/mol. The van der Waals surface area contributed by atoms with E-state index in [1.165, 1.54) is 0 Å². The van der Waals surface area contributed by atoms with Gasteiger partial charge in [0.1, 0.15) is 0 Å². The van der Waals surface area contributed by atoms with E-state index in [0.717, 1.165) is 22.0 Å². The highest BCUT2D eigenvalue weighted by Crippen LogP contribution is 2.26. The van der Waals surface area contributed by atoms with Crippen LogP contribution in [-0.4, -0.2) is 20.4 Å². The third-order valence-corrected chi connectivity index (χ3v) is 4.00. The van der Waals surface area contributed by atoms with Gasteiger partial charge in [0, 0.05) is 30.3 Å². The Kier molecular flexibility index (Phi) is 3.07. The fourth-order valence-corrected chi connectivity index (χ4v) is 2.85. The lowest BCUT2D eigenvalue weighted by molar-refractivity contribution is 0.102. The van der Waals surface area contributed by atoms with Crippen molar-refractivity contribution in [2.24, 2.45) is 7.05 Å². The first-order valence-corrected chi connectivity index (χ1v) is 7.38. The van der Waals surface area contributed by atoms with E-state index in [9.17, 15) is 4.79 Å². The summed E-state index contributed by atoms with van der Waals surface area (Å²) in [6.45, 7) is 7.06. The van der Waals surface area contributed by atoms with Gasteiger partial charge in [0.15, 0.2) is 0 Å². The molecule has 0 atom stereocenters. The van der Waals surface area contributed by atoms with Crippen LogP contribution in [0.5, 0.6) is 0 Å². The van der Waals surface area contributed by atoms with E-state index in [4.69, 9.17) is 6.57 Å². The number of hydrogen-bond acceptors (Lipinski definition) is 2. The number of hydrogen-bond donors (Lipinski definition) is 2. The zero-order valence-electron chi connectivity index (χ0n) is 12.9. The van der Waals surface area contributed by atoms with Crippen molar-refractivity contribution in [3.63, 3.8) is 0 Å². The molecule has 0 spiro atoms. The molecule has 0 radical (unpaired) electrons. The number of aromatic nitrogens is 3. The Balaban J connectivity index is 1.75. The van der Waals surface area contributed by atoms with Crippen molar-refractivity contribution < 1.29 is 4.79 Å². The van der Waals surface area contributed by atoms with Gasteiger partial charge in [0.25, 0.3) is 11.7 Å². The quantitative estimate of drug-likeness (QED) is 0.552. The topological polar surface area (TPSA) is 67.1 Å². The molecule has 0 aliphatic heterocycles. The minimum absolute atomic E-state index is 0.206. The highest BCUT2D eigenvalue weighted by atomic mass is 16.1. The first-order valence-electron chi connectivity index (χ1n) is 7.38. The molecule has 2 N–H and O–H groups in total. The summed E-state index contributed by atoms with van der Waals surface area (Å²) in [5, 5.41) is 4.63. The van der Waals surface area contributed by atoms with Gasteiger partial charge in [-0.1, -0.05) is 30.8 Å². The molecule has 0 bridgehead atoms. The number of benzene rings is 1. The van der Waals surface area contributed by atoms with Gasteiger partial charge in [-0.25, -0.2) is 0 Å². The van der Waals surface area contributed by atoms with E-state index in [1.54, 1.807) is 29.1 Å². The largest absolute Gasteiger partial charge is 0.361 e. The van der Waals surface area contributed by atoms with Gasteiger partial charge in [0.05, 0.1) is 16.6 Å². The number of nitrogens with one attached hydrogen (secondary N) is 2. The Morgan fingerprint density at radius 1 is 1.25 bits per heavy atom. The summed E-state index contributed by atoms with van der Waals surface area (Å²) in [4.78, 5) is 23.4. The number of pyridine rings is 1. The van der Waals surface area contributed by atoms with Crippen molar-refractivity contribution in [1.82, 2.24) is 14.5 Å². The molecule has 0 aliphatic carbocycles. The van der Waals surface area contributed by atoms with Crippen LogP contribution >= 0.6 is 0 Å². The van der Waals surface area contributed by atoms with Gasteiger partial charge in [0.2, 0.25) is 5.65 Å². The highest BCUT2D eigenvalue weighted by Gasteiger charge is 2.18. The summed E-state index contributed by atoms with van der Waals surface area (Å²) in [5.74, 6) is 0.106. The van der Waals surface area contributed by atoms with Crippen LogP contribution in [-0.2, 0) is 7.05 Å². The highest BCUT2D eigenvalue weighted by molar-refractivity contribution is 6.15. The smallest absolute Gasteiger partial charge is 0.271 e. The van der Waals surface area contributed by atoms with E-state index in [0.29, 0.717) is 17.0 Å². The minimum Gasteiger partial charge on any atom is -0.361 e. The number of anilines is 1. The van der Waals surface area contributed by atoms with Crippen molar-refractivity contribution in [3.05, 3.63) is 65.8 Å². The number of carbonyl (C=O) groups excluding carboxylic acids is 1. The van der Waals surface area contributed by atoms with Crippen LogP contribution in [0, 0.1) is 6.57 Å². The third kappa shape index (κ3) is 2.11. The summed E-state index contributed by atoms with van der Waals surface area (Å²) < 4.78 is 1.76. The molecule has 0 saturated carbocycles. The number of rotatable bonds is 2. The molecule has 3 heterocycles. The fraction of sp³-hybridized carbons (Fsp3) is 0.0556. The second-order valence-corrected chi connectivity index (χ2v) is 5.51. The average Bonchev–Trinajstić information content (AvgIpc) is 3.16. The number of fused-ring (bicyclic) bond motifs is 2. The van der Waals surface area contributed by atoms with Gasteiger partial charge in [-0.3, -0.25) is 4.79 Å². The lowest BCUT2D eigenvalue weighted by atomic mass is 10.2. The van der Waals surface area contributed by atoms with E-state index < -0.39 is 0 Å². The third-order valence-electron chi connectivity index (χ3n) is 4.00. The Morgan fingerprint density at radius 2 is 2.08 bits per heavy atom. The predicted octanol–water partition coefficient (Wildman–Crippen LogP) is 3.86. The fourth-order valence-electron chi connectivity index (χ4n) is 2.85. The van der Waals surface area contributed by atoms with E-state index in [-0.39, 0.29) is 5.91 Å². The summed E-state index contributed by atoms with van der Waals surface area (Å²) >= 11 is 0. The Bertz CT molecular complexity index is 1130. The van der Waals surface area contributed by atoms with E-state index >= 15 is 0 Å². The van der Waals surface area contributed by atoms with Crippen LogP contribution in [0.4, 0.5) is 11.5 Å².